The maximum atomic E-state index is 12.9. The van der Waals surface area contributed by atoms with E-state index in [4.69, 9.17) is 4.74 Å². The Hall–Kier alpha value is -2.14. The number of aliphatic hydroxyl groups is 1. The molecule has 0 radical (unpaired) electrons. The van der Waals surface area contributed by atoms with Crippen LogP contribution in [0.15, 0.2) is 35.6 Å². The van der Waals surface area contributed by atoms with Crippen LogP contribution in [0.25, 0.3) is 0 Å². The van der Waals surface area contributed by atoms with Crippen LogP contribution >= 0.6 is 0 Å². The van der Waals surface area contributed by atoms with Crippen molar-refractivity contribution in [2.24, 2.45) is 5.92 Å². The van der Waals surface area contributed by atoms with Gasteiger partial charge in [-0.1, -0.05) is 38.1 Å². The van der Waals surface area contributed by atoms with Gasteiger partial charge in [0.05, 0.1) is 17.7 Å². The smallest absolute Gasteiger partial charge is 0.290 e. The number of ketones is 1. The topological polar surface area (TPSA) is 66.8 Å². The summed E-state index contributed by atoms with van der Waals surface area (Å²) < 4.78 is 5.57. The molecule has 0 saturated heterocycles. The van der Waals surface area contributed by atoms with E-state index in [1.807, 2.05) is 58.9 Å². The van der Waals surface area contributed by atoms with E-state index >= 15 is 0 Å². The third kappa shape index (κ3) is 4.98. The minimum atomic E-state index is -0.538. The highest BCUT2D eigenvalue weighted by molar-refractivity contribution is 6.09. The molecule has 0 saturated carbocycles. The molecule has 27 heavy (non-hydrogen) atoms. The van der Waals surface area contributed by atoms with Crippen LogP contribution in [0.2, 0.25) is 0 Å². The predicted octanol–water partition coefficient (Wildman–Crippen LogP) is 4.12. The molecule has 1 aliphatic rings. The fraction of sp³-hybridized carbons (Fsp3) is 0.545. The summed E-state index contributed by atoms with van der Waals surface area (Å²) in [5.74, 6) is -0.887. The van der Waals surface area contributed by atoms with Crippen molar-refractivity contribution >= 4 is 11.7 Å². The summed E-state index contributed by atoms with van der Waals surface area (Å²) in [6.45, 7) is 10.7. The Morgan fingerprint density at radius 2 is 1.89 bits per heavy atom. The molecule has 1 aromatic carbocycles. The Balaban J connectivity index is 2.35. The second kappa shape index (κ2) is 9.18. The van der Waals surface area contributed by atoms with E-state index in [2.05, 4.69) is 0 Å². The molecule has 1 atom stereocenters. The van der Waals surface area contributed by atoms with Crippen molar-refractivity contribution in [2.75, 3.05) is 13.2 Å². The van der Waals surface area contributed by atoms with E-state index in [0.717, 1.165) is 11.1 Å². The highest BCUT2D eigenvalue weighted by Gasteiger charge is 2.43. The molecule has 0 bridgehead atoms. The number of amides is 1. The first-order valence-electron chi connectivity index (χ1n) is 9.68. The number of hydrogen-bond acceptors (Lipinski definition) is 4. The minimum Gasteiger partial charge on any atom is -0.503 e. The third-order valence-corrected chi connectivity index (χ3v) is 4.68. The van der Waals surface area contributed by atoms with Crippen molar-refractivity contribution in [2.45, 2.75) is 59.6 Å². The monoisotopic (exact) mass is 373 g/mol. The van der Waals surface area contributed by atoms with Crippen molar-refractivity contribution in [1.82, 2.24) is 4.90 Å². The van der Waals surface area contributed by atoms with Crippen LogP contribution in [-0.2, 0) is 14.3 Å². The number of hydrogen-bond donors (Lipinski definition) is 1. The van der Waals surface area contributed by atoms with Gasteiger partial charge in [0.1, 0.15) is 0 Å². The lowest BCUT2D eigenvalue weighted by Crippen LogP contribution is -2.33. The molecular weight excluding hydrogens is 342 g/mol. The predicted molar refractivity (Wildman–Crippen MR) is 105 cm³/mol. The normalized spacial score (nSPS) is 17.5. The fourth-order valence-electron chi connectivity index (χ4n) is 3.42. The molecule has 0 aliphatic carbocycles. The maximum Gasteiger partial charge on any atom is 0.290 e. The van der Waals surface area contributed by atoms with E-state index in [1.54, 1.807) is 4.90 Å². The van der Waals surface area contributed by atoms with Crippen molar-refractivity contribution in [3.8, 4) is 0 Å². The van der Waals surface area contributed by atoms with Crippen LogP contribution in [0.5, 0.6) is 0 Å². The Bertz CT molecular complexity index is 721. The lowest BCUT2D eigenvalue weighted by Gasteiger charge is -2.28. The molecule has 148 valence electrons. The van der Waals surface area contributed by atoms with Gasteiger partial charge in [0.15, 0.2) is 11.5 Å². The molecule has 1 unspecified atom stereocenters. The summed E-state index contributed by atoms with van der Waals surface area (Å²) in [6, 6.07) is 7.16. The number of nitrogens with zero attached hydrogens (tertiary/aromatic N) is 1. The number of rotatable bonds is 9. The van der Waals surface area contributed by atoms with Crippen molar-refractivity contribution in [3.05, 3.63) is 46.7 Å². The van der Waals surface area contributed by atoms with Gasteiger partial charge in [-0.05, 0) is 44.2 Å². The summed E-state index contributed by atoms with van der Waals surface area (Å²) in [5.41, 5.74) is 2.10. The molecule has 2 rings (SSSR count). The highest BCUT2D eigenvalue weighted by atomic mass is 16.5. The van der Waals surface area contributed by atoms with E-state index in [0.29, 0.717) is 26.0 Å². The molecule has 1 aliphatic heterocycles. The van der Waals surface area contributed by atoms with E-state index in [-0.39, 0.29) is 23.4 Å². The van der Waals surface area contributed by atoms with Crippen molar-refractivity contribution in [3.63, 3.8) is 0 Å². The van der Waals surface area contributed by atoms with Crippen molar-refractivity contribution < 1.29 is 19.4 Å². The Morgan fingerprint density at radius 3 is 2.48 bits per heavy atom. The van der Waals surface area contributed by atoms with Crippen molar-refractivity contribution in [1.29, 1.82) is 0 Å². The lowest BCUT2D eigenvalue weighted by atomic mass is 9.90. The number of aliphatic hydroxyl groups excluding tert-OH is 1. The Kier molecular flexibility index (Phi) is 7.19. The highest BCUT2D eigenvalue weighted by Crippen LogP contribution is 2.39. The van der Waals surface area contributed by atoms with Gasteiger partial charge in [-0.3, -0.25) is 9.59 Å². The van der Waals surface area contributed by atoms with Crippen LogP contribution in [-0.4, -0.2) is 41.0 Å². The molecule has 1 aromatic rings. The average Bonchev–Trinajstić information content (AvgIpc) is 2.83. The largest absolute Gasteiger partial charge is 0.503 e. The fourth-order valence-corrected chi connectivity index (χ4v) is 3.42. The summed E-state index contributed by atoms with van der Waals surface area (Å²) in [7, 11) is 0. The van der Waals surface area contributed by atoms with Crippen LogP contribution in [0.3, 0.4) is 0 Å². The number of ether oxygens (including phenoxy) is 1. The summed E-state index contributed by atoms with van der Waals surface area (Å²) in [6.07, 6.45) is 1.08. The molecule has 1 N–H and O–H groups in total. The summed E-state index contributed by atoms with van der Waals surface area (Å²) in [5, 5.41) is 10.5. The number of carbonyl (C=O) groups excluding carboxylic acids is 2. The molecule has 0 fully saturated rings. The molecule has 0 aromatic heterocycles. The van der Waals surface area contributed by atoms with Crippen LogP contribution in [0, 0.1) is 12.8 Å². The summed E-state index contributed by atoms with van der Waals surface area (Å²) in [4.78, 5) is 27.2. The number of aryl methyl sites for hydroxylation is 1. The SMILES string of the molecule is Cc1ccccc1C1C(C(=O)CC(C)C)=C(O)C(=O)N1CCCOC(C)C. The van der Waals surface area contributed by atoms with E-state index in [1.165, 1.54) is 0 Å². The molecule has 5 nitrogen and oxygen atoms in total. The Morgan fingerprint density at radius 1 is 1.22 bits per heavy atom. The molecule has 0 spiro atoms. The van der Waals surface area contributed by atoms with Gasteiger partial charge >= 0.3 is 0 Å². The zero-order valence-electron chi connectivity index (χ0n) is 17.0. The second-order valence-electron chi connectivity index (χ2n) is 7.81. The molecule has 1 amide bonds. The van der Waals surface area contributed by atoms with Gasteiger partial charge in [-0.2, -0.15) is 0 Å². The quantitative estimate of drug-likeness (QED) is 0.661. The number of carbonyl (C=O) groups is 2. The minimum absolute atomic E-state index is 0.126. The van der Waals surface area contributed by atoms with Gasteiger partial charge in [-0.25, -0.2) is 0 Å². The lowest BCUT2D eigenvalue weighted by molar-refractivity contribution is -0.129. The van der Waals surface area contributed by atoms with Gasteiger partial charge in [0, 0.05) is 19.6 Å². The van der Waals surface area contributed by atoms with E-state index in [9.17, 15) is 14.7 Å². The summed E-state index contributed by atoms with van der Waals surface area (Å²) >= 11 is 0. The van der Waals surface area contributed by atoms with Crippen LogP contribution < -0.4 is 0 Å². The molecule has 5 heteroatoms. The first-order valence-corrected chi connectivity index (χ1v) is 9.68. The molecular formula is C22H31NO4. The van der Waals surface area contributed by atoms with Gasteiger partial charge in [0.2, 0.25) is 0 Å². The third-order valence-electron chi connectivity index (χ3n) is 4.68. The second-order valence-corrected chi connectivity index (χ2v) is 7.81. The molecule has 1 heterocycles. The van der Waals surface area contributed by atoms with Crippen LogP contribution in [0.4, 0.5) is 0 Å². The zero-order chi connectivity index (χ0) is 20.1. The van der Waals surface area contributed by atoms with Gasteiger partial charge in [0.25, 0.3) is 5.91 Å². The zero-order valence-corrected chi connectivity index (χ0v) is 17.0. The van der Waals surface area contributed by atoms with E-state index < -0.39 is 17.7 Å². The van der Waals surface area contributed by atoms with Gasteiger partial charge < -0.3 is 14.7 Å². The average molecular weight is 373 g/mol. The maximum absolute atomic E-state index is 12.9. The number of benzene rings is 1. The van der Waals surface area contributed by atoms with Gasteiger partial charge in [-0.15, -0.1) is 0 Å². The number of Topliss-reactive ketones (excluding diaryl/α,β-unsaturated/α-hetero) is 1. The standard InChI is InChI=1S/C22H31NO4/c1-14(2)13-18(24)19-20(17-10-7-6-9-16(17)5)23(22(26)21(19)25)11-8-12-27-15(3)4/h6-7,9-10,14-15,20,25H,8,11-13H2,1-5H3. The Labute approximate surface area is 162 Å². The first kappa shape index (κ1) is 21.2. The first-order chi connectivity index (χ1) is 12.7. The van der Waals surface area contributed by atoms with Crippen LogP contribution in [0.1, 0.15) is 57.7 Å².